The van der Waals surface area contributed by atoms with E-state index in [4.69, 9.17) is 14.2 Å². The standard InChI is InChI=1S/C29H44O12/c1-26-5-3-15-16(4-6-28(37)9-14(30)8-19(31)27(15,28)2)29(26,38)10-17(21(26)13-7-20(32)40-11-13)39-12-18-22(33)23(34)24(35)25(36)41-18/h7,14-19,21-25,30-31,33-38H,3-6,8-12H2,1-2H3/t14-,15-,16+,17-,18+,19+,21-,22+,23-,24+,25+,26+,27-,28-,29-/m0/s1. The van der Waals surface area contributed by atoms with Gasteiger partial charge in [-0.1, -0.05) is 13.8 Å². The highest BCUT2D eigenvalue weighted by Crippen LogP contribution is 2.71. The van der Waals surface area contributed by atoms with Gasteiger partial charge in [-0.3, -0.25) is 0 Å². The van der Waals surface area contributed by atoms with Crippen LogP contribution >= 0.6 is 0 Å². The smallest absolute Gasteiger partial charge is 0.331 e. The molecule has 12 heteroatoms. The number of hydrogen-bond acceptors (Lipinski definition) is 12. The molecular formula is C29H44O12. The number of esters is 1. The maximum Gasteiger partial charge on any atom is 0.331 e. The third-order valence-corrected chi connectivity index (χ3v) is 12.3. The third kappa shape index (κ3) is 4.13. The molecule has 6 aliphatic rings. The molecule has 4 saturated carbocycles. The van der Waals surface area contributed by atoms with Gasteiger partial charge in [-0.05, 0) is 49.5 Å². The zero-order chi connectivity index (χ0) is 29.7. The first-order valence-electron chi connectivity index (χ1n) is 14.8. The second-order valence-corrected chi connectivity index (χ2v) is 14.0. The van der Waals surface area contributed by atoms with Crippen LogP contribution in [-0.4, -0.2) is 120 Å². The molecule has 2 heterocycles. The van der Waals surface area contributed by atoms with Crippen molar-refractivity contribution in [1.29, 1.82) is 0 Å². The van der Waals surface area contributed by atoms with E-state index in [0.29, 0.717) is 31.3 Å². The number of rotatable bonds is 4. The Morgan fingerprint density at radius 3 is 2.34 bits per heavy atom. The number of carbonyl (C=O) groups is 1. The fourth-order valence-electron chi connectivity index (χ4n) is 9.95. The molecule has 0 unspecified atom stereocenters. The van der Waals surface area contributed by atoms with Gasteiger partial charge in [0.05, 0.1) is 36.1 Å². The Balaban J connectivity index is 1.32. The molecule has 8 N–H and O–H groups in total. The molecule has 4 aliphatic carbocycles. The summed E-state index contributed by atoms with van der Waals surface area (Å²) in [5, 5.41) is 86.5. The van der Waals surface area contributed by atoms with Crippen LogP contribution in [0.3, 0.4) is 0 Å². The Bertz CT molecular complexity index is 1080. The van der Waals surface area contributed by atoms with Crippen molar-refractivity contribution < 1.29 is 59.9 Å². The van der Waals surface area contributed by atoms with E-state index in [1.54, 1.807) is 0 Å². The van der Waals surface area contributed by atoms with E-state index in [9.17, 15) is 45.6 Å². The number of ether oxygens (including phenoxy) is 3. The van der Waals surface area contributed by atoms with Crippen LogP contribution in [0.25, 0.3) is 0 Å². The molecule has 0 spiro atoms. The number of carbonyl (C=O) groups excluding carboxylic acids is 1. The van der Waals surface area contributed by atoms with E-state index in [1.165, 1.54) is 6.08 Å². The van der Waals surface area contributed by atoms with Crippen LogP contribution < -0.4 is 0 Å². The molecule has 12 nitrogen and oxygen atoms in total. The number of fused-ring (bicyclic) bond motifs is 5. The maximum absolute atomic E-state index is 12.7. The lowest BCUT2D eigenvalue weighted by atomic mass is 9.41. The van der Waals surface area contributed by atoms with E-state index in [2.05, 4.69) is 0 Å². The van der Waals surface area contributed by atoms with Crippen molar-refractivity contribution in [3.8, 4) is 0 Å². The predicted octanol–water partition coefficient (Wildman–Crippen LogP) is -1.51. The Hall–Kier alpha value is -1.19. The first-order valence-corrected chi connectivity index (χ1v) is 14.8. The van der Waals surface area contributed by atoms with Crippen molar-refractivity contribution in [2.24, 2.45) is 28.6 Å². The minimum atomic E-state index is -1.71. The fourth-order valence-corrected chi connectivity index (χ4v) is 9.95. The fraction of sp³-hybridized carbons (Fsp3) is 0.897. The first-order chi connectivity index (χ1) is 19.2. The summed E-state index contributed by atoms with van der Waals surface area (Å²) >= 11 is 0. The lowest BCUT2D eigenvalue weighted by Crippen LogP contribution is -2.70. The number of hydrogen-bond donors (Lipinski definition) is 8. The van der Waals surface area contributed by atoms with Gasteiger partial charge in [0.15, 0.2) is 6.29 Å². The summed E-state index contributed by atoms with van der Waals surface area (Å²) in [5.41, 5.74) is -3.57. The quantitative estimate of drug-likeness (QED) is 0.178. The van der Waals surface area contributed by atoms with Gasteiger partial charge >= 0.3 is 5.97 Å². The van der Waals surface area contributed by atoms with Gasteiger partial charge in [-0.2, -0.15) is 0 Å². The molecule has 6 rings (SSSR count). The summed E-state index contributed by atoms with van der Waals surface area (Å²) in [5.74, 6) is -1.45. The highest BCUT2D eigenvalue weighted by Gasteiger charge is 2.73. The Kier molecular flexibility index (Phi) is 7.22. The van der Waals surface area contributed by atoms with Crippen LogP contribution in [-0.2, 0) is 19.0 Å². The van der Waals surface area contributed by atoms with Gasteiger partial charge in [-0.15, -0.1) is 0 Å². The van der Waals surface area contributed by atoms with Crippen molar-refractivity contribution in [3.63, 3.8) is 0 Å². The number of aliphatic hydroxyl groups is 8. The molecule has 0 radical (unpaired) electrons. The van der Waals surface area contributed by atoms with Crippen molar-refractivity contribution in [1.82, 2.24) is 0 Å². The van der Waals surface area contributed by atoms with Crippen LogP contribution in [0.2, 0.25) is 0 Å². The van der Waals surface area contributed by atoms with Crippen molar-refractivity contribution >= 4 is 5.97 Å². The van der Waals surface area contributed by atoms with Gasteiger partial charge in [0.2, 0.25) is 0 Å². The van der Waals surface area contributed by atoms with E-state index in [0.717, 1.165) is 0 Å². The molecule has 0 aromatic heterocycles. The summed E-state index contributed by atoms with van der Waals surface area (Å²) in [6.45, 7) is 3.68. The van der Waals surface area contributed by atoms with E-state index < -0.39 is 82.9 Å². The lowest BCUT2D eigenvalue weighted by Gasteiger charge is -2.66. The van der Waals surface area contributed by atoms with Crippen LogP contribution in [0, 0.1) is 28.6 Å². The summed E-state index contributed by atoms with van der Waals surface area (Å²) in [6, 6.07) is 0. The molecule has 0 aromatic rings. The van der Waals surface area contributed by atoms with Crippen LogP contribution in [0.1, 0.15) is 58.8 Å². The summed E-state index contributed by atoms with van der Waals surface area (Å²) < 4.78 is 16.9. The predicted molar refractivity (Wildman–Crippen MR) is 139 cm³/mol. The molecule has 0 amide bonds. The van der Waals surface area contributed by atoms with Crippen molar-refractivity contribution in [3.05, 3.63) is 11.6 Å². The van der Waals surface area contributed by atoms with E-state index >= 15 is 0 Å². The Labute approximate surface area is 238 Å². The highest BCUT2D eigenvalue weighted by atomic mass is 16.6. The van der Waals surface area contributed by atoms with Gasteiger partial charge in [0, 0.05) is 35.7 Å². The van der Waals surface area contributed by atoms with Crippen molar-refractivity contribution in [2.75, 3.05) is 13.2 Å². The molecule has 1 saturated heterocycles. The zero-order valence-electron chi connectivity index (χ0n) is 23.5. The molecule has 15 atom stereocenters. The topological polar surface area (TPSA) is 207 Å². The summed E-state index contributed by atoms with van der Waals surface area (Å²) in [7, 11) is 0. The largest absolute Gasteiger partial charge is 0.458 e. The SMILES string of the molecule is C[C@]12[C@H](O)C[C@H](O)C[C@@]1(O)CC[C@@H]1[C@@H]2CC[C@]2(C)[C@@H](C3=CC(=O)OC3)[C@@H](OC[C@H]3O[C@@H](O)[C@H](O)[C@@H](O)[C@@H]3O)C[C@]12O. The summed E-state index contributed by atoms with van der Waals surface area (Å²) in [4.78, 5) is 12.1. The highest BCUT2D eigenvalue weighted by molar-refractivity contribution is 5.85. The molecule has 2 aliphatic heterocycles. The minimum Gasteiger partial charge on any atom is -0.458 e. The molecule has 232 valence electrons. The first kappa shape index (κ1) is 29.9. The van der Waals surface area contributed by atoms with Crippen molar-refractivity contribution in [2.45, 2.75) is 119 Å². The second-order valence-electron chi connectivity index (χ2n) is 14.0. The Morgan fingerprint density at radius 2 is 1.66 bits per heavy atom. The second kappa shape index (κ2) is 9.91. The van der Waals surface area contributed by atoms with E-state index in [1.807, 2.05) is 13.8 Å². The molecule has 0 bridgehead atoms. The van der Waals surface area contributed by atoms with Gasteiger partial charge in [-0.25, -0.2) is 4.79 Å². The summed E-state index contributed by atoms with van der Waals surface area (Å²) in [6.07, 6.45) is -6.19. The molecule has 41 heavy (non-hydrogen) atoms. The molecule has 5 fully saturated rings. The number of cyclic esters (lactones) is 1. The third-order valence-electron chi connectivity index (χ3n) is 12.3. The lowest BCUT2D eigenvalue weighted by molar-refractivity contribution is -0.290. The minimum absolute atomic E-state index is 0.0589. The van der Waals surface area contributed by atoms with Gasteiger partial charge in [0.1, 0.15) is 31.0 Å². The average Bonchev–Trinajstić information content (AvgIpc) is 3.42. The van der Waals surface area contributed by atoms with Crippen LogP contribution in [0.4, 0.5) is 0 Å². The molecular weight excluding hydrogens is 540 g/mol. The maximum atomic E-state index is 12.7. The normalized spacial score (nSPS) is 56.9. The van der Waals surface area contributed by atoms with Crippen LogP contribution in [0.15, 0.2) is 11.6 Å². The molecule has 0 aromatic carbocycles. The number of aliphatic hydroxyl groups excluding tert-OH is 6. The van der Waals surface area contributed by atoms with Gasteiger partial charge < -0.3 is 55.1 Å². The van der Waals surface area contributed by atoms with Gasteiger partial charge in [0.25, 0.3) is 0 Å². The monoisotopic (exact) mass is 584 g/mol. The average molecular weight is 585 g/mol. The Morgan fingerprint density at radius 1 is 0.951 bits per heavy atom. The van der Waals surface area contributed by atoms with E-state index in [-0.39, 0.29) is 44.3 Å². The van der Waals surface area contributed by atoms with Crippen LogP contribution in [0.5, 0.6) is 0 Å². The zero-order valence-corrected chi connectivity index (χ0v) is 23.5.